The van der Waals surface area contributed by atoms with Gasteiger partial charge in [0.2, 0.25) is 0 Å². The lowest BCUT2D eigenvalue weighted by Gasteiger charge is -2.27. The molecule has 1 N–H and O–H groups in total. The van der Waals surface area contributed by atoms with Crippen molar-refractivity contribution in [1.82, 2.24) is 4.57 Å². The molecule has 7 nitrogen and oxygen atoms in total. The van der Waals surface area contributed by atoms with Crippen molar-refractivity contribution in [2.24, 2.45) is 4.99 Å². The monoisotopic (exact) mass is 716 g/mol. The summed E-state index contributed by atoms with van der Waals surface area (Å²) in [6.45, 7) is 3.92. The normalized spacial score (nSPS) is 15.4. The molecule has 0 bridgehead atoms. The van der Waals surface area contributed by atoms with Crippen LogP contribution in [0.2, 0.25) is 5.02 Å². The molecule has 11 heteroatoms. The summed E-state index contributed by atoms with van der Waals surface area (Å²) >= 11 is 13.0. The van der Waals surface area contributed by atoms with Gasteiger partial charge in [0.15, 0.2) is 4.80 Å². The number of phenolic OH excluding ortho intramolecular Hbond substituents is 1. The maximum Gasteiger partial charge on any atom is 0.338 e. The van der Waals surface area contributed by atoms with Crippen molar-refractivity contribution in [1.29, 1.82) is 0 Å². The predicted octanol–water partition coefficient (Wildman–Crippen LogP) is 5.31. The van der Waals surface area contributed by atoms with Crippen LogP contribution in [0.15, 0.2) is 55.9 Å². The predicted molar refractivity (Wildman–Crippen MR) is 156 cm³/mol. The van der Waals surface area contributed by atoms with Crippen LogP contribution in [0, 0.1) is 3.57 Å². The van der Waals surface area contributed by atoms with Gasteiger partial charge in [-0.1, -0.05) is 36.3 Å². The molecule has 0 aliphatic carbocycles. The van der Waals surface area contributed by atoms with Crippen molar-refractivity contribution in [2.75, 3.05) is 13.7 Å². The number of methoxy groups -OCH3 is 1. The quantitative estimate of drug-likeness (QED) is 0.265. The molecule has 3 aromatic rings. The highest BCUT2D eigenvalue weighted by atomic mass is 127. The number of rotatable bonds is 7. The van der Waals surface area contributed by atoms with Crippen LogP contribution in [0.25, 0.3) is 6.08 Å². The first kappa shape index (κ1) is 27.9. The minimum atomic E-state index is -0.834. The molecule has 2 heterocycles. The first-order valence-corrected chi connectivity index (χ1v) is 14.5. The first-order valence-electron chi connectivity index (χ1n) is 11.4. The van der Waals surface area contributed by atoms with Gasteiger partial charge < -0.3 is 14.6 Å². The number of hydrogen-bond acceptors (Lipinski definition) is 7. The van der Waals surface area contributed by atoms with E-state index < -0.39 is 12.0 Å². The Balaban J connectivity index is 2.05. The Morgan fingerprint density at radius 2 is 2.08 bits per heavy atom. The highest BCUT2D eigenvalue weighted by Crippen LogP contribution is 2.38. The Bertz CT molecular complexity index is 1570. The van der Waals surface area contributed by atoms with Crippen LogP contribution in [-0.4, -0.2) is 29.4 Å². The van der Waals surface area contributed by atoms with Gasteiger partial charge >= 0.3 is 5.97 Å². The number of esters is 1. The van der Waals surface area contributed by atoms with E-state index in [9.17, 15) is 14.7 Å². The molecule has 0 saturated carbocycles. The summed E-state index contributed by atoms with van der Waals surface area (Å²) in [4.78, 5) is 32.4. The summed E-state index contributed by atoms with van der Waals surface area (Å²) in [6, 6.07) is 7.79. The zero-order valence-corrected chi connectivity index (χ0v) is 25.5. The highest BCUT2D eigenvalue weighted by Gasteiger charge is 2.36. The van der Waals surface area contributed by atoms with E-state index in [2.05, 4.69) is 15.9 Å². The number of hydrogen-bond donors (Lipinski definition) is 1. The largest absolute Gasteiger partial charge is 0.506 e. The van der Waals surface area contributed by atoms with Crippen LogP contribution in [0.4, 0.5) is 0 Å². The van der Waals surface area contributed by atoms with Crippen LogP contribution in [0.3, 0.4) is 0 Å². The van der Waals surface area contributed by atoms with Gasteiger partial charge in [0.1, 0.15) is 17.5 Å². The SMILES string of the molecule is CCCC1=C(C(=O)OCC)[C@H](c2cc(Cl)ccc2OC)n2c(s/c(=C/c3cc(Br)c(O)c(I)c3)c2=O)=N1. The molecule has 1 aliphatic rings. The summed E-state index contributed by atoms with van der Waals surface area (Å²) < 4.78 is 14.2. The molecule has 0 spiro atoms. The molecule has 0 radical (unpaired) electrons. The Hall–Kier alpha value is -2.15. The summed E-state index contributed by atoms with van der Waals surface area (Å²) in [5.41, 5.74) is 1.85. The smallest absolute Gasteiger partial charge is 0.338 e. The minimum Gasteiger partial charge on any atom is -0.506 e. The third-order valence-corrected chi connectivity index (χ3v) is 8.36. The van der Waals surface area contributed by atoms with Gasteiger partial charge in [-0.05, 0) is 93.8 Å². The van der Waals surface area contributed by atoms with E-state index in [-0.39, 0.29) is 17.9 Å². The number of fused-ring (bicyclic) bond motifs is 1. The second kappa shape index (κ2) is 11.7. The molecular weight excluding hydrogens is 695 g/mol. The number of halogens is 3. The van der Waals surface area contributed by atoms with Gasteiger partial charge in [-0.3, -0.25) is 9.36 Å². The third kappa shape index (κ3) is 5.52. The van der Waals surface area contributed by atoms with Gasteiger partial charge in [-0.2, -0.15) is 0 Å². The fraction of sp³-hybridized carbons (Fsp3) is 0.269. The van der Waals surface area contributed by atoms with E-state index in [1.54, 1.807) is 43.3 Å². The number of aromatic nitrogens is 1. The molecule has 37 heavy (non-hydrogen) atoms. The second-order valence-corrected chi connectivity index (χ2v) is 11.6. The zero-order chi connectivity index (χ0) is 26.9. The summed E-state index contributed by atoms with van der Waals surface area (Å²) in [5.74, 6) is 0.0871. The second-order valence-electron chi connectivity index (χ2n) is 8.13. The number of allylic oxidation sites excluding steroid dienone is 1. The fourth-order valence-electron chi connectivity index (χ4n) is 4.15. The van der Waals surface area contributed by atoms with Gasteiger partial charge in [-0.15, -0.1) is 0 Å². The zero-order valence-electron chi connectivity index (χ0n) is 20.2. The van der Waals surface area contributed by atoms with Gasteiger partial charge in [-0.25, -0.2) is 9.79 Å². The summed E-state index contributed by atoms with van der Waals surface area (Å²) in [6.07, 6.45) is 3.02. The molecule has 1 aromatic heterocycles. The molecule has 0 unspecified atom stereocenters. The Labute approximate surface area is 244 Å². The summed E-state index contributed by atoms with van der Waals surface area (Å²) in [5, 5.41) is 10.5. The lowest BCUT2D eigenvalue weighted by molar-refractivity contribution is -0.139. The van der Waals surface area contributed by atoms with Gasteiger partial charge in [0, 0.05) is 10.6 Å². The van der Waals surface area contributed by atoms with E-state index in [0.717, 1.165) is 12.0 Å². The molecule has 1 atom stereocenters. The molecule has 0 fully saturated rings. The van der Waals surface area contributed by atoms with E-state index in [1.807, 2.05) is 29.5 Å². The average Bonchev–Trinajstić information content (AvgIpc) is 3.16. The van der Waals surface area contributed by atoms with Crippen LogP contribution in [0.5, 0.6) is 11.5 Å². The molecule has 2 aromatic carbocycles. The Morgan fingerprint density at radius 3 is 2.73 bits per heavy atom. The molecular formula is C26H23BrClIN2O5S. The number of nitrogens with zero attached hydrogens (tertiary/aromatic N) is 2. The van der Waals surface area contributed by atoms with Crippen LogP contribution in [-0.2, 0) is 9.53 Å². The van der Waals surface area contributed by atoms with E-state index in [4.69, 9.17) is 26.1 Å². The molecule has 4 rings (SSSR count). The van der Waals surface area contributed by atoms with Crippen molar-refractivity contribution >= 4 is 73.5 Å². The lowest BCUT2D eigenvalue weighted by atomic mass is 9.93. The van der Waals surface area contributed by atoms with Crippen LogP contribution in [0.1, 0.15) is 43.9 Å². The number of ether oxygens (including phenoxy) is 2. The molecule has 0 amide bonds. The van der Waals surface area contributed by atoms with Crippen molar-refractivity contribution in [3.8, 4) is 11.5 Å². The van der Waals surface area contributed by atoms with E-state index in [1.165, 1.54) is 23.0 Å². The maximum absolute atomic E-state index is 13.9. The number of carbonyl (C=O) groups excluding carboxylic acids is 1. The van der Waals surface area contributed by atoms with Gasteiger partial charge in [0.05, 0.1) is 37.6 Å². The Morgan fingerprint density at radius 1 is 1.32 bits per heavy atom. The van der Waals surface area contributed by atoms with Crippen LogP contribution >= 0.6 is 61.5 Å². The van der Waals surface area contributed by atoms with E-state index >= 15 is 0 Å². The highest BCUT2D eigenvalue weighted by molar-refractivity contribution is 14.1. The molecule has 1 aliphatic heterocycles. The van der Waals surface area contributed by atoms with Crippen molar-refractivity contribution in [2.45, 2.75) is 32.7 Å². The number of phenols is 1. The lowest BCUT2D eigenvalue weighted by Crippen LogP contribution is -2.40. The topological polar surface area (TPSA) is 90.1 Å². The molecule has 194 valence electrons. The van der Waals surface area contributed by atoms with E-state index in [0.29, 0.717) is 51.4 Å². The average molecular weight is 718 g/mol. The van der Waals surface area contributed by atoms with Crippen LogP contribution < -0.4 is 19.6 Å². The fourth-order valence-corrected chi connectivity index (χ4v) is 6.85. The molecule has 0 saturated heterocycles. The summed E-state index contributed by atoms with van der Waals surface area (Å²) in [7, 11) is 1.53. The maximum atomic E-state index is 13.9. The number of benzene rings is 2. The van der Waals surface area contributed by atoms with Crippen molar-refractivity contribution < 1.29 is 19.4 Å². The van der Waals surface area contributed by atoms with Crippen molar-refractivity contribution in [3.05, 3.63) is 85.5 Å². The van der Waals surface area contributed by atoms with Crippen molar-refractivity contribution in [3.63, 3.8) is 0 Å². The number of carbonyl (C=O) groups is 1. The standard InChI is InChI=1S/C26H23BrClIN2O5S/c1-4-6-18-21(25(34)36-5-2)22(15-12-14(28)7-8-19(15)35-3)31-24(33)20(37-26(31)30-18)11-13-9-16(27)23(32)17(29)10-13/h7-12,22,32H,4-6H2,1-3H3/b20-11+/t22-/m0/s1. The first-order chi connectivity index (χ1) is 17.7. The third-order valence-electron chi connectivity index (χ3n) is 5.72. The Kier molecular flexibility index (Phi) is 8.82. The van der Waals surface area contributed by atoms with Gasteiger partial charge in [0.25, 0.3) is 5.56 Å². The minimum absolute atomic E-state index is 0.135. The number of thiazole rings is 1. The number of aromatic hydroxyl groups is 1.